The Morgan fingerprint density at radius 3 is 2.50 bits per heavy atom. The van der Waals surface area contributed by atoms with Crippen molar-refractivity contribution in [3.8, 4) is 16.3 Å². The van der Waals surface area contributed by atoms with E-state index in [2.05, 4.69) is 37.5 Å². The lowest BCUT2D eigenvalue weighted by Gasteiger charge is -2.09. The van der Waals surface area contributed by atoms with E-state index in [0.717, 1.165) is 21.3 Å². The largest absolute Gasteiger partial charge is 0.496 e. The van der Waals surface area contributed by atoms with E-state index in [9.17, 15) is 0 Å². The molecule has 84 valence electrons. The van der Waals surface area contributed by atoms with Crippen LogP contribution >= 0.6 is 24.0 Å². The van der Waals surface area contributed by atoms with E-state index in [0.29, 0.717) is 0 Å². The summed E-state index contributed by atoms with van der Waals surface area (Å²) in [5, 5.41) is 3.62. The molecule has 0 amide bonds. The normalized spacial score (nSPS) is 10.5. The number of thiol groups is 1. The number of benzene rings is 1. The van der Waals surface area contributed by atoms with Crippen LogP contribution in [-0.4, -0.2) is 12.1 Å². The smallest absolute Gasteiger partial charge is 0.129 e. The fraction of sp³-hybridized carbons (Fsp3) is 0.250. The van der Waals surface area contributed by atoms with Crippen molar-refractivity contribution in [2.24, 2.45) is 0 Å². The number of rotatable bonds is 2. The van der Waals surface area contributed by atoms with Gasteiger partial charge < -0.3 is 4.74 Å². The summed E-state index contributed by atoms with van der Waals surface area (Å²) in [6.07, 6.45) is 0. The van der Waals surface area contributed by atoms with Gasteiger partial charge in [-0.25, -0.2) is 4.98 Å². The van der Waals surface area contributed by atoms with E-state index in [1.54, 1.807) is 18.4 Å². The van der Waals surface area contributed by atoms with Crippen molar-refractivity contribution in [1.82, 2.24) is 4.98 Å². The molecular formula is C12H13NOS2. The summed E-state index contributed by atoms with van der Waals surface area (Å²) in [6.45, 7) is 4.17. The number of thiazole rings is 1. The van der Waals surface area contributed by atoms with Crippen LogP contribution < -0.4 is 4.74 Å². The van der Waals surface area contributed by atoms with Crippen molar-refractivity contribution in [3.63, 3.8) is 0 Å². The summed E-state index contributed by atoms with van der Waals surface area (Å²) in [4.78, 5) is 4.36. The highest BCUT2D eigenvalue weighted by Crippen LogP contribution is 2.34. The molecular weight excluding hydrogens is 238 g/mol. The van der Waals surface area contributed by atoms with Crippen LogP contribution in [0.4, 0.5) is 0 Å². The lowest BCUT2D eigenvalue weighted by molar-refractivity contribution is 0.416. The van der Waals surface area contributed by atoms with Gasteiger partial charge in [0.1, 0.15) is 15.8 Å². The molecule has 1 aromatic carbocycles. The average molecular weight is 251 g/mol. The second kappa shape index (κ2) is 4.47. The van der Waals surface area contributed by atoms with Gasteiger partial charge in [0.15, 0.2) is 0 Å². The highest BCUT2D eigenvalue weighted by molar-refractivity contribution is 7.80. The molecule has 0 N–H and O–H groups in total. The van der Waals surface area contributed by atoms with E-state index < -0.39 is 0 Å². The Morgan fingerprint density at radius 1 is 1.25 bits per heavy atom. The predicted octanol–water partition coefficient (Wildman–Crippen LogP) is 3.72. The molecule has 2 nitrogen and oxygen atoms in total. The number of hydrogen-bond donors (Lipinski definition) is 1. The fourth-order valence-electron chi connectivity index (χ4n) is 1.51. The van der Waals surface area contributed by atoms with Gasteiger partial charge in [0.05, 0.1) is 12.7 Å². The van der Waals surface area contributed by atoms with Crippen molar-refractivity contribution >= 4 is 24.0 Å². The number of ether oxygens (including phenoxy) is 1. The topological polar surface area (TPSA) is 22.1 Å². The molecule has 1 heterocycles. The van der Waals surface area contributed by atoms with E-state index in [1.807, 2.05) is 11.4 Å². The fourth-order valence-corrected chi connectivity index (χ4v) is 2.55. The molecule has 0 aliphatic carbocycles. The first-order valence-corrected chi connectivity index (χ1v) is 6.24. The van der Waals surface area contributed by atoms with Crippen molar-refractivity contribution in [2.75, 3.05) is 7.11 Å². The van der Waals surface area contributed by atoms with Gasteiger partial charge in [0.25, 0.3) is 0 Å². The Labute approximate surface area is 105 Å². The molecule has 0 aliphatic heterocycles. The zero-order valence-electron chi connectivity index (χ0n) is 9.44. The zero-order valence-corrected chi connectivity index (χ0v) is 11.2. The van der Waals surface area contributed by atoms with Gasteiger partial charge in [-0.05, 0) is 37.1 Å². The summed E-state index contributed by atoms with van der Waals surface area (Å²) in [6, 6.07) is 4.16. The molecule has 2 rings (SSSR count). The highest BCUT2D eigenvalue weighted by atomic mass is 32.1. The summed E-state index contributed by atoms with van der Waals surface area (Å²) in [5.74, 6) is 0.866. The Bertz CT molecular complexity index is 520. The lowest BCUT2D eigenvalue weighted by Crippen LogP contribution is -1.91. The van der Waals surface area contributed by atoms with Crippen molar-refractivity contribution in [2.45, 2.75) is 18.9 Å². The molecule has 4 heteroatoms. The summed E-state index contributed by atoms with van der Waals surface area (Å²) < 4.78 is 5.39. The minimum Gasteiger partial charge on any atom is -0.496 e. The highest BCUT2D eigenvalue weighted by Gasteiger charge is 2.11. The minimum atomic E-state index is 0.750. The van der Waals surface area contributed by atoms with Crippen molar-refractivity contribution < 1.29 is 4.74 Å². The first-order chi connectivity index (χ1) is 7.61. The monoisotopic (exact) mass is 251 g/mol. The van der Waals surface area contributed by atoms with E-state index >= 15 is 0 Å². The third kappa shape index (κ3) is 2.08. The van der Waals surface area contributed by atoms with E-state index in [-0.39, 0.29) is 0 Å². The maximum Gasteiger partial charge on any atom is 0.129 e. The SMILES string of the molecule is COc1cc(C)c(C)cc1-c1nc(S)cs1. The Kier molecular flexibility index (Phi) is 3.21. The van der Waals surface area contributed by atoms with Crippen molar-refractivity contribution in [3.05, 3.63) is 28.6 Å². The average Bonchev–Trinajstić information content (AvgIpc) is 2.68. The van der Waals surface area contributed by atoms with Gasteiger partial charge in [-0.3, -0.25) is 0 Å². The van der Waals surface area contributed by atoms with E-state index in [1.165, 1.54) is 11.1 Å². The molecule has 0 fully saturated rings. The number of methoxy groups -OCH3 is 1. The van der Waals surface area contributed by atoms with Crippen LogP contribution in [0.3, 0.4) is 0 Å². The Hall–Kier alpha value is -1.000. The van der Waals surface area contributed by atoms with Crippen LogP contribution in [0.1, 0.15) is 11.1 Å². The first-order valence-electron chi connectivity index (χ1n) is 4.92. The molecule has 0 unspecified atom stereocenters. The molecule has 0 aliphatic rings. The summed E-state index contributed by atoms with van der Waals surface area (Å²) in [7, 11) is 1.68. The summed E-state index contributed by atoms with van der Waals surface area (Å²) >= 11 is 5.80. The van der Waals surface area contributed by atoms with Gasteiger partial charge in [0.2, 0.25) is 0 Å². The Balaban J connectivity index is 2.59. The second-order valence-electron chi connectivity index (χ2n) is 3.65. The molecule has 0 bridgehead atoms. The van der Waals surface area contributed by atoms with Crippen LogP contribution in [0.15, 0.2) is 22.5 Å². The van der Waals surface area contributed by atoms with Crippen molar-refractivity contribution in [1.29, 1.82) is 0 Å². The molecule has 1 aromatic heterocycles. The molecule has 0 spiro atoms. The standard InChI is InChI=1S/C12H13NOS2/c1-7-4-9(10(14-3)5-8(7)2)12-13-11(15)6-16-12/h4-6,15H,1-3H3. The van der Waals surface area contributed by atoms with Crippen LogP contribution in [0.25, 0.3) is 10.6 Å². The molecule has 0 saturated heterocycles. The van der Waals surface area contributed by atoms with Gasteiger partial charge in [-0.1, -0.05) is 0 Å². The quantitative estimate of drug-likeness (QED) is 0.822. The maximum absolute atomic E-state index is 5.39. The van der Waals surface area contributed by atoms with Gasteiger partial charge in [-0.15, -0.1) is 24.0 Å². The third-order valence-electron chi connectivity index (χ3n) is 2.54. The third-order valence-corrected chi connectivity index (χ3v) is 3.82. The number of aryl methyl sites for hydroxylation is 2. The minimum absolute atomic E-state index is 0.750. The van der Waals surface area contributed by atoms with Gasteiger partial charge >= 0.3 is 0 Å². The molecule has 2 aromatic rings. The van der Waals surface area contributed by atoms with Crippen LogP contribution in [-0.2, 0) is 0 Å². The molecule has 16 heavy (non-hydrogen) atoms. The Morgan fingerprint density at radius 2 is 1.94 bits per heavy atom. The van der Waals surface area contributed by atoms with Crippen LogP contribution in [0.5, 0.6) is 5.75 Å². The first kappa shape index (κ1) is 11.5. The van der Waals surface area contributed by atoms with Crippen LogP contribution in [0.2, 0.25) is 0 Å². The lowest BCUT2D eigenvalue weighted by atomic mass is 10.1. The number of hydrogen-bond acceptors (Lipinski definition) is 4. The van der Waals surface area contributed by atoms with Gasteiger partial charge in [0, 0.05) is 5.38 Å². The maximum atomic E-state index is 5.39. The van der Waals surface area contributed by atoms with Crippen LogP contribution in [0, 0.1) is 13.8 Å². The zero-order chi connectivity index (χ0) is 11.7. The molecule has 0 atom stereocenters. The number of nitrogens with zero attached hydrogens (tertiary/aromatic N) is 1. The van der Waals surface area contributed by atoms with E-state index in [4.69, 9.17) is 4.74 Å². The van der Waals surface area contributed by atoms with Gasteiger partial charge in [-0.2, -0.15) is 0 Å². The summed E-state index contributed by atoms with van der Waals surface area (Å²) in [5.41, 5.74) is 3.51. The second-order valence-corrected chi connectivity index (χ2v) is 4.96. The predicted molar refractivity (Wildman–Crippen MR) is 70.8 cm³/mol. The number of aromatic nitrogens is 1. The molecule has 0 saturated carbocycles. The molecule has 0 radical (unpaired) electrons.